The van der Waals surface area contributed by atoms with E-state index in [0.717, 1.165) is 22.3 Å². The van der Waals surface area contributed by atoms with Crippen molar-refractivity contribution in [2.75, 3.05) is 0 Å². The lowest BCUT2D eigenvalue weighted by Crippen LogP contribution is -2.47. The number of hydrogen-bond donors (Lipinski definition) is 1. The third kappa shape index (κ3) is 2.22. The number of nitrogens with one attached hydrogen (secondary N) is 1. The van der Waals surface area contributed by atoms with Crippen LogP contribution in [0.2, 0.25) is 0 Å². The highest BCUT2D eigenvalue weighted by molar-refractivity contribution is 6.07. The molecule has 0 bridgehead atoms. The molecule has 1 aliphatic heterocycles. The quantitative estimate of drug-likeness (QED) is 0.885. The van der Waals surface area contributed by atoms with E-state index in [-0.39, 0.29) is 11.9 Å². The summed E-state index contributed by atoms with van der Waals surface area (Å²) in [7, 11) is 0. The van der Waals surface area contributed by atoms with E-state index in [0.29, 0.717) is 19.4 Å². The lowest BCUT2D eigenvalue weighted by Gasteiger charge is -2.20. The molecule has 1 N–H and O–H groups in total. The van der Waals surface area contributed by atoms with Crippen molar-refractivity contribution in [1.29, 1.82) is 0 Å². The van der Waals surface area contributed by atoms with Crippen molar-refractivity contribution in [2.24, 2.45) is 0 Å². The Labute approximate surface area is 140 Å². The molecule has 1 heterocycles. The topological polar surface area (TPSA) is 49.4 Å². The highest BCUT2D eigenvalue weighted by atomic mass is 16.2. The predicted octanol–water partition coefficient (Wildman–Crippen LogP) is 2.92. The monoisotopic (exact) mass is 318 g/mol. The molecule has 1 spiro atoms. The van der Waals surface area contributed by atoms with E-state index in [1.54, 1.807) is 6.08 Å². The smallest absolute Gasteiger partial charge is 0.322 e. The fraction of sp³-hybridized carbons (Fsp3) is 0.200. The van der Waals surface area contributed by atoms with Crippen LogP contribution in [-0.4, -0.2) is 22.4 Å². The summed E-state index contributed by atoms with van der Waals surface area (Å²) in [5, 5.41) is 2.94. The Hall–Kier alpha value is -2.88. The van der Waals surface area contributed by atoms with Crippen molar-refractivity contribution < 1.29 is 9.59 Å². The van der Waals surface area contributed by atoms with E-state index in [1.165, 1.54) is 4.90 Å². The second-order valence-corrected chi connectivity index (χ2v) is 6.47. The Morgan fingerprint density at radius 2 is 1.67 bits per heavy atom. The van der Waals surface area contributed by atoms with E-state index in [2.05, 4.69) is 11.9 Å². The van der Waals surface area contributed by atoms with Gasteiger partial charge in [-0.25, -0.2) is 4.79 Å². The zero-order chi connectivity index (χ0) is 16.7. The number of rotatable bonds is 3. The molecule has 120 valence electrons. The molecule has 1 fully saturated rings. The van der Waals surface area contributed by atoms with Gasteiger partial charge in [0.05, 0.1) is 6.54 Å². The molecule has 0 unspecified atom stereocenters. The average Bonchev–Trinajstić information content (AvgIpc) is 3.07. The van der Waals surface area contributed by atoms with E-state index < -0.39 is 5.54 Å². The first kappa shape index (κ1) is 14.7. The second-order valence-electron chi connectivity index (χ2n) is 6.47. The summed E-state index contributed by atoms with van der Waals surface area (Å²) in [6.45, 7) is 4.02. The maximum Gasteiger partial charge on any atom is 0.325 e. The van der Waals surface area contributed by atoms with E-state index >= 15 is 0 Å². The SMILES string of the molecule is C=Cc1ccc(CN2C(=O)NC3(Cc4ccccc4C3)C2=O)cc1. The van der Waals surface area contributed by atoms with Crippen LogP contribution in [0.3, 0.4) is 0 Å². The van der Waals surface area contributed by atoms with Gasteiger partial charge in [-0.15, -0.1) is 0 Å². The molecule has 2 aliphatic rings. The number of benzene rings is 2. The largest absolute Gasteiger partial charge is 0.325 e. The zero-order valence-electron chi connectivity index (χ0n) is 13.3. The van der Waals surface area contributed by atoms with Gasteiger partial charge in [-0.2, -0.15) is 0 Å². The summed E-state index contributed by atoms with van der Waals surface area (Å²) in [5.41, 5.74) is 3.42. The summed E-state index contributed by atoms with van der Waals surface area (Å²) < 4.78 is 0. The number of fused-ring (bicyclic) bond motifs is 1. The molecule has 3 amide bonds. The van der Waals surface area contributed by atoms with Crippen LogP contribution in [-0.2, 0) is 24.2 Å². The van der Waals surface area contributed by atoms with Crippen LogP contribution in [0.5, 0.6) is 0 Å². The minimum atomic E-state index is -0.804. The summed E-state index contributed by atoms with van der Waals surface area (Å²) in [6, 6.07) is 15.4. The molecule has 2 aromatic rings. The maximum atomic E-state index is 13.0. The fourth-order valence-electron chi connectivity index (χ4n) is 3.62. The lowest BCUT2D eigenvalue weighted by atomic mass is 9.96. The van der Waals surface area contributed by atoms with E-state index in [1.807, 2.05) is 48.5 Å². The van der Waals surface area contributed by atoms with Gasteiger partial charge >= 0.3 is 6.03 Å². The summed E-state index contributed by atoms with van der Waals surface area (Å²) in [5.74, 6) is -0.128. The predicted molar refractivity (Wildman–Crippen MR) is 92.2 cm³/mol. The minimum Gasteiger partial charge on any atom is -0.322 e. The molecule has 4 nitrogen and oxygen atoms in total. The third-order valence-electron chi connectivity index (χ3n) is 4.90. The maximum absolute atomic E-state index is 13.0. The van der Waals surface area contributed by atoms with Crippen molar-refractivity contribution in [2.45, 2.75) is 24.9 Å². The Morgan fingerprint density at radius 3 is 2.25 bits per heavy atom. The summed E-state index contributed by atoms with van der Waals surface area (Å²) in [6.07, 6.45) is 2.90. The van der Waals surface area contributed by atoms with Crippen molar-refractivity contribution in [3.63, 3.8) is 0 Å². The Bertz CT molecular complexity index is 814. The number of carbonyl (C=O) groups is 2. The number of urea groups is 1. The molecule has 2 aromatic carbocycles. The highest BCUT2D eigenvalue weighted by Gasteiger charge is 2.53. The molecule has 1 aliphatic carbocycles. The fourth-order valence-corrected chi connectivity index (χ4v) is 3.62. The number of carbonyl (C=O) groups excluding carboxylic acids is 2. The van der Waals surface area contributed by atoms with Crippen molar-refractivity contribution in [1.82, 2.24) is 10.2 Å². The number of amides is 3. The number of nitrogens with zero attached hydrogens (tertiary/aromatic N) is 1. The van der Waals surface area contributed by atoms with Crippen LogP contribution in [0.15, 0.2) is 55.1 Å². The molecular formula is C20H18N2O2. The third-order valence-corrected chi connectivity index (χ3v) is 4.90. The van der Waals surface area contributed by atoms with Gasteiger partial charge in [-0.3, -0.25) is 9.69 Å². The summed E-state index contributed by atoms with van der Waals surface area (Å²) >= 11 is 0. The molecule has 0 saturated carbocycles. The summed E-state index contributed by atoms with van der Waals surface area (Å²) in [4.78, 5) is 26.7. The first-order valence-corrected chi connectivity index (χ1v) is 8.04. The molecule has 4 rings (SSSR count). The molecule has 0 radical (unpaired) electrons. The van der Waals surface area contributed by atoms with E-state index in [4.69, 9.17) is 0 Å². The molecule has 0 atom stereocenters. The Morgan fingerprint density at radius 1 is 1.04 bits per heavy atom. The van der Waals surface area contributed by atoms with Gasteiger partial charge in [-0.1, -0.05) is 61.2 Å². The first-order chi connectivity index (χ1) is 11.6. The Kier molecular flexibility index (Phi) is 3.27. The second kappa shape index (κ2) is 5.34. The van der Waals surface area contributed by atoms with Crippen LogP contribution in [0, 0.1) is 0 Å². The average molecular weight is 318 g/mol. The molecule has 0 aromatic heterocycles. The van der Waals surface area contributed by atoms with Crippen LogP contribution in [0.25, 0.3) is 6.08 Å². The first-order valence-electron chi connectivity index (χ1n) is 8.04. The molecule has 24 heavy (non-hydrogen) atoms. The van der Waals surface area contributed by atoms with Crippen LogP contribution >= 0.6 is 0 Å². The molecule has 4 heteroatoms. The van der Waals surface area contributed by atoms with Gasteiger partial charge in [0.2, 0.25) is 0 Å². The van der Waals surface area contributed by atoms with Crippen molar-refractivity contribution in [3.8, 4) is 0 Å². The van der Waals surface area contributed by atoms with Gasteiger partial charge in [0.25, 0.3) is 5.91 Å². The molecule has 1 saturated heterocycles. The Balaban J connectivity index is 1.57. The van der Waals surface area contributed by atoms with Crippen LogP contribution < -0.4 is 5.32 Å². The van der Waals surface area contributed by atoms with Gasteiger partial charge in [0.15, 0.2) is 0 Å². The van der Waals surface area contributed by atoms with Crippen molar-refractivity contribution in [3.05, 3.63) is 77.4 Å². The standard InChI is InChI=1S/C20H18N2O2/c1-2-14-7-9-15(10-8-14)13-22-18(23)20(21-19(22)24)11-16-5-3-4-6-17(16)12-20/h2-10H,1,11-13H2,(H,21,24). The van der Waals surface area contributed by atoms with E-state index in [9.17, 15) is 9.59 Å². The van der Waals surface area contributed by atoms with Gasteiger partial charge in [-0.05, 0) is 22.3 Å². The normalized spacial score (nSPS) is 17.9. The lowest BCUT2D eigenvalue weighted by molar-refractivity contribution is -0.131. The van der Waals surface area contributed by atoms with Gasteiger partial charge < -0.3 is 5.32 Å². The van der Waals surface area contributed by atoms with Gasteiger partial charge in [0.1, 0.15) is 5.54 Å². The highest BCUT2D eigenvalue weighted by Crippen LogP contribution is 2.35. The van der Waals surface area contributed by atoms with Gasteiger partial charge in [0, 0.05) is 12.8 Å². The number of imide groups is 1. The zero-order valence-corrected chi connectivity index (χ0v) is 13.3. The molecular weight excluding hydrogens is 300 g/mol. The minimum absolute atomic E-state index is 0.128. The van der Waals surface area contributed by atoms with Crippen LogP contribution in [0.4, 0.5) is 4.79 Å². The number of hydrogen-bond acceptors (Lipinski definition) is 2. The van der Waals surface area contributed by atoms with Crippen molar-refractivity contribution >= 4 is 18.0 Å². The van der Waals surface area contributed by atoms with Crippen LogP contribution in [0.1, 0.15) is 22.3 Å².